The Morgan fingerprint density at radius 1 is 0.931 bits per heavy atom. The fraction of sp³-hybridized carbons (Fsp3) is 0.158. The molecule has 2 aromatic carbocycles. The molecule has 0 unspecified atom stereocenters. The first-order chi connectivity index (χ1) is 13.8. The fourth-order valence-electron chi connectivity index (χ4n) is 2.36. The summed E-state index contributed by atoms with van der Waals surface area (Å²) in [5.74, 6) is -0.924. The molecule has 0 heterocycles. The van der Waals surface area contributed by atoms with E-state index in [1.54, 1.807) is 24.3 Å². The summed E-state index contributed by atoms with van der Waals surface area (Å²) >= 11 is 16.8. The monoisotopic (exact) mass is 450 g/mol. The van der Waals surface area contributed by atoms with Gasteiger partial charge in [0.05, 0.1) is 10.6 Å². The summed E-state index contributed by atoms with van der Waals surface area (Å²) in [5.41, 5.74) is 5.98. The van der Waals surface area contributed by atoms with E-state index in [0.717, 1.165) is 12.8 Å². The highest BCUT2D eigenvalue weighted by Crippen LogP contribution is 2.30. The predicted octanol–water partition coefficient (Wildman–Crippen LogP) is 3.29. The molecule has 4 N–H and O–H groups in total. The highest BCUT2D eigenvalue weighted by Gasteiger charge is 2.29. The zero-order chi connectivity index (χ0) is 21.0. The molecule has 0 saturated heterocycles. The van der Waals surface area contributed by atoms with Gasteiger partial charge in [-0.2, -0.15) is 0 Å². The van der Waals surface area contributed by atoms with Crippen LogP contribution in [-0.4, -0.2) is 22.8 Å². The lowest BCUT2D eigenvalue weighted by Gasteiger charge is -2.12. The van der Waals surface area contributed by atoms with E-state index in [0.29, 0.717) is 16.3 Å². The normalized spacial score (nSPS) is 12.6. The molecule has 0 atom stereocenters. The lowest BCUT2D eigenvalue weighted by molar-refractivity contribution is -0.117. The summed E-state index contributed by atoms with van der Waals surface area (Å²) in [6, 6.07) is 10.8. The maximum Gasteiger partial charge on any atom is 0.269 e. The Hall–Kier alpha value is -2.68. The standard InChI is InChI=1S/C19H16Cl2N4O3S/c20-12-5-8-14(15(21)9-12)18(28)23-19(29)25-24-17(27)11-3-6-13(7-4-11)22-16(26)10-1-2-10/h3-10H,1-2H2,(H,22,26)(H,24,27)(H2,23,25,28,29). The first-order valence-electron chi connectivity index (χ1n) is 8.61. The molecule has 1 aliphatic rings. The van der Waals surface area contributed by atoms with E-state index in [9.17, 15) is 14.4 Å². The molecule has 150 valence electrons. The van der Waals surface area contributed by atoms with Crippen LogP contribution in [0.4, 0.5) is 5.69 Å². The Kier molecular flexibility index (Phi) is 6.68. The Balaban J connectivity index is 1.48. The second-order valence-electron chi connectivity index (χ2n) is 6.33. The molecule has 10 heteroatoms. The molecule has 29 heavy (non-hydrogen) atoms. The molecule has 3 rings (SSSR count). The molecule has 1 fully saturated rings. The van der Waals surface area contributed by atoms with Crippen molar-refractivity contribution < 1.29 is 14.4 Å². The molecule has 0 spiro atoms. The van der Waals surface area contributed by atoms with Crippen molar-refractivity contribution in [1.82, 2.24) is 16.2 Å². The van der Waals surface area contributed by atoms with Crippen LogP contribution in [0.1, 0.15) is 33.6 Å². The van der Waals surface area contributed by atoms with Crippen molar-refractivity contribution >= 4 is 63.9 Å². The lowest BCUT2D eigenvalue weighted by atomic mass is 10.2. The number of thiocarbonyl (C=S) groups is 1. The van der Waals surface area contributed by atoms with Gasteiger partial charge in [-0.15, -0.1) is 0 Å². The van der Waals surface area contributed by atoms with Crippen molar-refractivity contribution in [3.63, 3.8) is 0 Å². The van der Waals surface area contributed by atoms with Gasteiger partial charge < -0.3 is 5.32 Å². The number of hydrogen-bond donors (Lipinski definition) is 4. The number of carbonyl (C=O) groups excluding carboxylic acids is 3. The van der Waals surface area contributed by atoms with Crippen LogP contribution in [0.5, 0.6) is 0 Å². The molecular weight excluding hydrogens is 435 g/mol. The van der Waals surface area contributed by atoms with E-state index in [2.05, 4.69) is 21.5 Å². The first kappa shape index (κ1) is 21.0. The van der Waals surface area contributed by atoms with E-state index in [4.69, 9.17) is 35.4 Å². The van der Waals surface area contributed by atoms with E-state index in [1.807, 2.05) is 0 Å². The van der Waals surface area contributed by atoms with Gasteiger partial charge in [0.2, 0.25) is 5.91 Å². The van der Waals surface area contributed by atoms with Gasteiger partial charge in [-0.05, 0) is 67.5 Å². The van der Waals surface area contributed by atoms with Gasteiger partial charge in [-0.1, -0.05) is 23.2 Å². The Bertz CT molecular complexity index is 978. The van der Waals surface area contributed by atoms with Crippen molar-refractivity contribution in [2.45, 2.75) is 12.8 Å². The van der Waals surface area contributed by atoms with Crippen molar-refractivity contribution in [2.24, 2.45) is 5.92 Å². The van der Waals surface area contributed by atoms with E-state index in [1.165, 1.54) is 18.2 Å². The molecular formula is C19H16Cl2N4O3S. The van der Waals surface area contributed by atoms with Crippen LogP contribution in [0, 0.1) is 5.92 Å². The Morgan fingerprint density at radius 3 is 2.24 bits per heavy atom. The minimum atomic E-state index is -0.547. The van der Waals surface area contributed by atoms with Gasteiger partial charge in [-0.25, -0.2) is 0 Å². The molecule has 1 saturated carbocycles. The predicted molar refractivity (Wildman–Crippen MR) is 115 cm³/mol. The average molecular weight is 451 g/mol. The number of hydrogen-bond acceptors (Lipinski definition) is 4. The van der Waals surface area contributed by atoms with Crippen LogP contribution in [-0.2, 0) is 4.79 Å². The second-order valence-corrected chi connectivity index (χ2v) is 7.58. The number of hydrazine groups is 1. The largest absolute Gasteiger partial charge is 0.326 e. The zero-order valence-corrected chi connectivity index (χ0v) is 17.3. The Morgan fingerprint density at radius 2 is 1.62 bits per heavy atom. The van der Waals surface area contributed by atoms with Crippen molar-refractivity contribution in [3.8, 4) is 0 Å². The number of carbonyl (C=O) groups is 3. The van der Waals surface area contributed by atoms with Crippen LogP contribution in [0.15, 0.2) is 42.5 Å². The minimum Gasteiger partial charge on any atom is -0.326 e. The third-order valence-corrected chi connectivity index (χ3v) is 4.81. The second kappa shape index (κ2) is 9.21. The SMILES string of the molecule is O=C(NNC(=S)NC(=O)c1ccc(Cl)cc1Cl)c1ccc(NC(=O)C2CC2)cc1. The molecule has 0 radical (unpaired) electrons. The summed E-state index contributed by atoms with van der Waals surface area (Å²) in [7, 11) is 0. The third-order valence-electron chi connectivity index (χ3n) is 4.06. The smallest absolute Gasteiger partial charge is 0.269 e. The number of amides is 3. The number of anilines is 1. The van der Waals surface area contributed by atoms with Crippen molar-refractivity contribution in [1.29, 1.82) is 0 Å². The van der Waals surface area contributed by atoms with Crippen LogP contribution in [0.25, 0.3) is 0 Å². The van der Waals surface area contributed by atoms with E-state index in [-0.39, 0.29) is 27.5 Å². The summed E-state index contributed by atoms with van der Waals surface area (Å²) in [5, 5.41) is 5.66. The maximum absolute atomic E-state index is 12.2. The molecule has 0 aromatic heterocycles. The highest BCUT2D eigenvalue weighted by molar-refractivity contribution is 7.80. The van der Waals surface area contributed by atoms with Crippen LogP contribution in [0.2, 0.25) is 10.0 Å². The molecule has 0 bridgehead atoms. The molecule has 3 amide bonds. The average Bonchev–Trinajstić information content (AvgIpc) is 3.52. The topological polar surface area (TPSA) is 99.3 Å². The number of benzene rings is 2. The van der Waals surface area contributed by atoms with E-state index < -0.39 is 11.8 Å². The first-order valence-corrected chi connectivity index (χ1v) is 9.77. The molecule has 0 aliphatic heterocycles. The number of rotatable bonds is 4. The fourth-order valence-corrected chi connectivity index (χ4v) is 2.99. The number of halogens is 2. The lowest BCUT2D eigenvalue weighted by Crippen LogP contribution is -2.48. The van der Waals surface area contributed by atoms with Crippen LogP contribution < -0.4 is 21.5 Å². The minimum absolute atomic E-state index is 0.00857. The van der Waals surface area contributed by atoms with Crippen molar-refractivity contribution in [2.75, 3.05) is 5.32 Å². The summed E-state index contributed by atoms with van der Waals surface area (Å²) in [6.07, 6.45) is 1.83. The van der Waals surface area contributed by atoms with Gasteiger partial charge in [-0.3, -0.25) is 30.6 Å². The van der Waals surface area contributed by atoms with Gasteiger partial charge in [0.1, 0.15) is 0 Å². The van der Waals surface area contributed by atoms with Crippen molar-refractivity contribution in [3.05, 3.63) is 63.6 Å². The molecule has 7 nitrogen and oxygen atoms in total. The highest BCUT2D eigenvalue weighted by atomic mass is 35.5. The van der Waals surface area contributed by atoms with E-state index >= 15 is 0 Å². The van der Waals surface area contributed by atoms with Gasteiger partial charge in [0, 0.05) is 22.2 Å². The van der Waals surface area contributed by atoms with Gasteiger partial charge in [0.15, 0.2) is 5.11 Å². The van der Waals surface area contributed by atoms with Gasteiger partial charge in [0.25, 0.3) is 11.8 Å². The van der Waals surface area contributed by atoms with Crippen LogP contribution >= 0.6 is 35.4 Å². The van der Waals surface area contributed by atoms with Gasteiger partial charge >= 0.3 is 0 Å². The molecule has 2 aromatic rings. The maximum atomic E-state index is 12.2. The third kappa shape index (κ3) is 5.90. The zero-order valence-electron chi connectivity index (χ0n) is 14.9. The van der Waals surface area contributed by atoms with Crippen LogP contribution in [0.3, 0.4) is 0 Å². The Labute approximate surface area is 182 Å². The molecule has 1 aliphatic carbocycles. The quantitative estimate of drug-likeness (QED) is 0.423. The number of nitrogens with one attached hydrogen (secondary N) is 4. The summed E-state index contributed by atoms with van der Waals surface area (Å²) < 4.78 is 0. The summed E-state index contributed by atoms with van der Waals surface area (Å²) in [6.45, 7) is 0. The summed E-state index contributed by atoms with van der Waals surface area (Å²) in [4.78, 5) is 36.1.